The van der Waals surface area contributed by atoms with Crippen LogP contribution >= 0.6 is 0 Å². The van der Waals surface area contributed by atoms with Gasteiger partial charge < -0.3 is 5.11 Å². The minimum Gasteiger partial charge on any atom is -0.384 e. The number of aliphatic hydroxyl groups is 1. The van der Waals surface area contributed by atoms with Crippen LogP contribution in [0.25, 0.3) is 0 Å². The summed E-state index contributed by atoms with van der Waals surface area (Å²) in [7, 11) is -3.42. The molecule has 0 aliphatic carbocycles. The van der Waals surface area contributed by atoms with Crippen molar-refractivity contribution in [1.29, 1.82) is 0 Å². The van der Waals surface area contributed by atoms with E-state index in [1.165, 1.54) is 4.31 Å². The van der Waals surface area contributed by atoms with Crippen molar-refractivity contribution in [2.45, 2.75) is 18.2 Å². The molecule has 1 atom stereocenters. The smallest absolute Gasteiger partial charge is 0.243 e. The second-order valence-corrected chi connectivity index (χ2v) is 6.68. The molecule has 19 heavy (non-hydrogen) atoms. The van der Waals surface area contributed by atoms with Crippen molar-refractivity contribution in [3.63, 3.8) is 0 Å². The lowest BCUT2D eigenvalue weighted by atomic mass is 10.2. The molecule has 0 aromatic heterocycles. The van der Waals surface area contributed by atoms with Gasteiger partial charge >= 0.3 is 0 Å². The van der Waals surface area contributed by atoms with Crippen molar-refractivity contribution in [2.75, 3.05) is 19.7 Å². The van der Waals surface area contributed by atoms with Crippen LogP contribution in [-0.4, -0.2) is 37.5 Å². The van der Waals surface area contributed by atoms with E-state index in [0.29, 0.717) is 24.6 Å². The normalized spacial score (nSPS) is 20.0. The highest BCUT2D eigenvalue weighted by Crippen LogP contribution is 2.24. The lowest BCUT2D eigenvalue weighted by Crippen LogP contribution is -2.28. The lowest BCUT2D eigenvalue weighted by molar-refractivity contribution is 0.350. The van der Waals surface area contributed by atoms with Crippen molar-refractivity contribution in [2.24, 2.45) is 5.92 Å². The molecule has 0 bridgehead atoms. The predicted octanol–water partition coefficient (Wildman–Crippen LogP) is 1.06. The Labute approximate surface area is 114 Å². The summed E-state index contributed by atoms with van der Waals surface area (Å²) in [6.07, 6.45) is 0.906. The predicted molar refractivity (Wildman–Crippen MR) is 72.9 cm³/mol. The van der Waals surface area contributed by atoms with Crippen LogP contribution in [0.5, 0.6) is 0 Å². The molecular formula is C14H17NO3S. The molecule has 1 aromatic carbocycles. The SMILES string of the molecule is CC1CCN(S(=O)(=O)c2cccc(C#CCO)c2)C1. The molecule has 1 aromatic rings. The average molecular weight is 279 g/mol. The molecule has 2 rings (SSSR count). The maximum atomic E-state index is 12.4. The van der Waals surface area contributed by atoms with Gasteiger partial charge in [-0.2, -0.15) is 4.31 Å². The van der Waals surface area contributed by atoms with Crippen LogP contribution < -0.4 is 0 Å². The van der Waals surface area contributed by atoms with Gasteiger partial charge in [-0.25, -0.2) is 8.42 Å². The maximum Gasteiger partial charge on any atom is 0.243 e. The number of benzene rings is 1. The molecule has 0 radical (unpaired) electrons. The Balaban J connectivity index is 2.30. The fourth-order valence-electron chi connectivity index (χ4n) is 2.14. The second kappa shape index (κ2) is 5.74. The third-order valence-corrected chi connectivity index (χ3v) is 5.03. The van der Waals surface area contributed by atoms with Crippen LogP contribution in [0.3, 0.4) is 0 Å². The number of sulfonamides is 1. The van der Waals surface area contributed by atoms with E-state index < -0.39 is 10.0 Å². The van der Waals surface area contributed by atoms with Crippen LogP contribution in [0.15, 0.2) is 29.2 Å². The van der Waals surface area contributed by atoms with Crippen molar-refractivity contribution >= 4 is 10.0 Å². The first-order valence-corrected chi connectivity index (χ1v) is 7.68. The molecule has 5 heteroatoms. The quantitative estimate of drug-likeness (QED) is 0.824. The lowest BCUT2D eigenvalue weighted by Gasteiger charge is -2.16. The molecule has 102 valence electrons. The van der Waals surface area contributed by atoms with Crippen molar-refractivity contribution < 1.29 is 13.5 Å². The summed E-state index contributed by atoms with van der Waals surface area (Å²) in [6.45, 7) is 2.98. The highest BCUT2D eigenvalue weighted by molar-refractivity contribution is 7.89. The van der Waals surface area contributed by atoms with E-state index in [1.54, 1.807) is 24.3 Å². The molecule has 1 aliphatic rings. The number of hydrogen-bond acceptors (Lipinski definition) is 3. The van der Waals surface area contributed by atoms with Gasteiger partial charge in [0.25, 0.3) is 0 Å². The highest BCUT2D eigenvalue weighted by atomic mass is 32.2. The zero-order valence-electron chi connectivity index (χ0n) is 10.8. The summed E-state index contributed by atoms with van der Waals surface area (Å²) in [5.74, 6) is 5.65. The Morgan fingerprint density at radius 3 is 2.89 bits per heavy atom. The summed E-state index contributed by atoms with van der Waals surface area (Å²) in [5, 5.41) is 8.66. The van der Waals surface area contributed by atoms with E-state index in [-0.39, 0.29) is 11.5 Å². The first-order chi connectivity index (χ1) is 9.04. The van der Waals surface area contributed by atoms with Gasteiger partial charge in [0.15, 0.2) is 0 Å². The fourth-order valence-corrected chi connectivity index (χ4v) is 3.76. The number of hydrogen-bond donors (Lipinski definition) is 1. The fraction of sp³-hybridized carbons (Fsp3) is 0.429. The first kappa shape index (κ1) is 14.1. The van der Waals surface area contributed by atoms with Gasteiger partial charge in [-0.15, -0.1) is 0 Å². The minimum absolute atomic E-state index is 0.235. The molecule has 1 heterocycles. The number of aliphatic hydroxyl groups excluding tert-OH is 1. The number of nitrogens with zero attached hydrogens (tertiary/aromatic N) is 1. The van der Waals surface area contributed by atoms with Gasteiger partial charge in [0, 0.05) is 18.7 Å². The van der Waals surface area contributed by atoms with Gasteiger partial charge in [0.2, 0.25) is 10.0 Å². The zero-order chi connectivity index (χ0) is 13.9. The monoisotopic (exact) mass is 279 g/mol. The Bertz CT molecular complexity index is 613. The topological polar surface area (TPSA) is 57.6 Å². The molecular weight excluding hydrogens is 262 g/mol. The number of rotatable bonds is 2. The van der Waals surface area contributed by atoms with E-state index in [0.717, 1.165) is 6.42 Å². The summed E-state index contributed by atoms with van der Waals surface area (Å²) in [6, 6.07) is 6.55. The Morgan fingerprint density at radius 1 is 1.47 bits per heavy atom. The van der Waals surface area contributed by atoms with E-state index in [2.05, 4.69) is 18.8 Å². The average Bonchev–Trinajstić information content (AvgIpc) is 2.84. The van der Waals surface area contributed by atoms with E-state index >= 15 is 0 Å². The van der Waals surface area contributed by atoms with Gasteiger partial charge in [0.1, 0.15) is 6.61 Å². The maximum absolute atomic E-state index is 12.4. The van der Waals surface area contributed by atoms with Gasteiger partial charge in [-0.1, -0.05) is 24.8 Å². The summed E-state index contributed by atoms with van der Waals surface area (Å²) >= 11 is 0. The minimum atomic E-state index is -3.42. The molecule has 1 N–H and O–H groups in total. The summed E-state index contributed by atoms with van der Waals surface area (Å²) in [5.41, 5.74) is 0.599. The zero-order valence-corrected chi connectivity index (χ0v) is 11.7. The van der Waals surface area contributed by atoms with E-state index in [9.17, 15) is 8.42 Å². The van der Waals surface area contributed by atoms with Crippen molar-refractivity contribution in [3.05, 3.63) is 29.8 Å². The molecule has 0 spiro atoms. The van der Waals surface area contributed by atoms with Crippen LogP contribution in [0.1, 0.15) is 18.9 Å². The molecule has 1 fully saturated rings. The second-order valence-electron chi connectivity index (χ2n) is 4.74. The molecule has 0 saturated carbocycles. The Kier molecular flexibility index (Phi) is 4.25. The first-order valence-electron chi connectivity index (χ1n) is 6.24. The van der Waals surface area contributed by atoms with Crippen molar-refractivity contribution in [3.8, 4) is 11.8 Å². The Hall–Kier alpha value is -1.35. The van der Waals surface area contributed by atoms with E-state index in [4.69, 9.17) is 5.11 Å². The highest BCUT2D eigenvalue weighted by Gasteiger charge is 2.30. The summed E-state index contributed by atoms with van der Waals surface area (Å²) in [4.78, 5) is 0.270. The molecule has 1 saturated heterocycles. The van der Waals surface area contributed by atoms with E-state index in [1.807, 2.05) is 0 Å². The third kappa shape index (κ3) is 3.16. The van der Waals surface area contributed by atoms with Gasteiger partial charge in [0.05, 0.1) is 4.90 Å². The molecule has 0 amide bonds. The molecule has 4 nitrogen and oxygen atoms in total. The van der Waals surface area contributed by atoms with Crippen LogP contribution in [-0.2, 0) is 10.0 Å². The van der Waals surface area contributed by atoms with Crippen LogP contribution in [0.4, 0.5) is 0 Å². The van der Waals surface area contributed by atoms with Crippen LogP contribution in [0.2, 0.25) is 0 Å². The third-order valence-electron chi connectivity index (χ3n) is 3.17. The van der Waals surface area contributed by atoms with Crippen LogP contribution in [0, 0.1) is 17.8 Å². The molecule has 1 unspecified atom stereocenters. The van der Waals surface area contributed by atoms with Crippen molar-refractivity contribution in [1.82, 2.24) is 4.31 Å². The van der Waals surface area contributed by atoms with Gasteiger partial charge in [-0.3, -0.25) is 0 Å². The Morgan fingerprint density at radius 2 is 2.26 bits per heavy atom. The summed E-state index contributed by atoms with van der Waals surface area (Å²) < 4.78 is 26.4. The standard InChI is InChI=1S/C14H17NO3S/c1-12-7-8-15(11-12)19(17,18)14-6-2-4-13(10-14)5-3-9-16/h2,4,6,10,12,16H,7-9,11H2,1H3. The molecule has 1 aliphatic heterocycles. The largest absolute Gasteiger partial charge is 0.384 e. The van der Waals surface area contributed by atoms with Gasteiger partial charge in [-0.05, 0) is 30.5 Å².